The number of rotatable bonds is 1. The SMILES string of the molecule is CN1[C@H](c2c[nH]c3ccccc23)CCC1(C)C. The van der Waals surface area contributed by atoms with E-state index in [2.05, 4.69) is 61.2 Å². The number of para-hydroxylation sites is 1. The van der Waals surface area contributed by atoms with Crippen molar-refractivity contribution in [3.63, 3.8) is 0 Å². The predicted molar refractivity (Wildman–Crippen MR) is 72.1 cm³/mol. The fourth-order valence-corrected chi connectivity index (χ4v) is 3.02. The average Bonchev–Trinajstić information content (AvgIpc) is 2.83. The van der Waals surface area contributed by atoms with Crippen molar-refractivity contribution in [2.45, 2.75) is 38.3 Å². The van der Waals surface area contributed by atoms with Gasteiger partial charge in [-0.2, -0.15) is 0 Å². The molecule has 0 radical (unpaired) electrons. The Morgan fingerprint density at radius 2 is 2.06 bits per heavy atom. The van der Waals surface area contributed by atoms with Crippen molar-refractivity contribution in [1.29, 1.82) is 0 Å². The maximum Gasteiger partial charge on any atom is 0.0457 e. The number of fused-ring (bicyclic) bond motifs is 1. The number of hydrogen-bond donors (Lipinski definition) is 1. The number of benzene rings is 1. The van der Waals surface area contributed by atoms with E-state index in [1.54, 1.807) is 0 Å². The van der Waals surface area contributed by atoms with Crippen molar-refractivity contribution in [3.05, 3.63) is 36.0 Å². The second kappa shape index (κ2) is 3.61. The summed E-state index contributed by atoms with van der Waals surface area (Å²) in [6, 6.07) is 9.14. The first kappa shape index (κ1) is 10.8. The zero-order valence-electron chi connectivity index (χ0n) is 10.8. The topological polar surface area (TPSA) is 19.0 Å². The lowest BCUT2D eigenvalue weighted by Gasteiger charge is -2.31. The predicted octanol–water partition coefficient (Wildman–Crippen LogP) is 3.71. The van der Waals surface area contributed by atoms with Crippen molar-refractivity contribution in [2.75, 3.05) is 7.05 Å². The maximum absolute atomic E-state index is 3.39. The first-order valence-corrected chi connectivity index (χ1v) is 6.38. The summed E-state index contributed by atoms with van der Waals surface area (Å²) >= 11 is 0. The van der Waals surface area contributed by atoms with E-state index in [0.717, 1.165) is 0 Å². The van der Waals surface area contributed by atoms with Crippen LogP contribution in [0.3, 0.4) is 0 Å². The van der Waals surface area contributed by atoms with Gasteiger partial charge in [0, 0.05) is 28.7 Å². The molecular formula is C15H20N2. The Balaban J connectivity index is 2.05. The Kier molecular flexibility index (Phi) is 2.30. The van der Waals surface area contributed by atoms with E-state index in [4.69, 9.17) is 0 Å². The molecule has 1 aromatic carbocycles. The molecule has 2 heterocycles. The second-order valence-electron chi connectivity index (χ2n) is 5.77. The van der Waals surface area contributed by atoms with Crippen LogP contribution in [0.5, 0.6) is 0 Å². The van der Waals surface area contributed by atoms with Crippen LogP contribution < -0.4 is 0 Å². The van der Waals surface area contributed by atoms with Gasteiger partial charge in [0.2, 0.25) is 0 Å². The lowest BCUT2D eigenvalue weighted by molar-refractivity contribution is 0.170. The third-order valence-corrected chi connectivity index (χ3v) is 4.43. The molecule has 0 unspecified atom stereocenters. The van der Waals surface area contributed by atoms with Crippen LogP contribution in [0.1, 0.15) is 38.3 Å². The second-order valence-corrected chi connectivity index (χ2v) is 5.77. The highest BCUT2D eigenvalue weighted by Crippen LogP contribution is 2.42. The molecule has 2 heteroatoms. The fraction of sp³-hybridized carbons (Fsp3) is 0.467. The van der Waals surface area contributed by atoms with E-state index in [-0.39, 0.29) is 0 Å². The van der Waals surface area contributed by atoms with E-state index in [1.165, 1.54) is 29.3 Å². The Hall–Kier alpha value is -1.28. The molecule has 1 aromatic heterocycles. The monoisotopic (exact) mass is 228 g/mol. The molecule has 17 heavy (non-hydrogen) atoms. The van der Waals surface area contributed by atoms with Crippen molar-refractivity contribution >= 4 is 10.9 Å². The smallest absolute Gasteiger partial charge is 0.0457 e. The van der Waals surface area contributed by atoms with Gasteiger partial charge in [-0.15, -0.1) is 0 Å². The summed E-state index contributed by atoms with van der Waals surface area (Å²) in [5.41, 5.74) is 3.03. The third-order valence-electron chi connectivity index (χ3n) is 4.43. The molecule has 1 saturated heterocycles. The molecule has 1 N–H and O–H groups in total. The molecule has 2 nitrogen and oxygen atoms in total. The van der Waals surface area contributed by atoms with Crippen LogP contribution in [0.15, 0.2) is 30.5 Å². The Bertz CT molecular complexity index is 539. The minimum absolute atomic E-state index is 0.322. The first-order chi connectivity index (χ1) is 8.09. The number of nitrogens with one attached hydrogen (secondary N) is 1. The van der Waals surface area contributed by atoms with E-state index in [9.17, 15) is 0 Å². The highest BCUT2D eigenvalue weighted by Gasteiger charge is 2.37. The maximum atomic E-state index is 3.39. The molecule has 0 aliphatic carbocycles. The Morgan fingerprint density at radius 1 is 1.29 bits per heavy atom. The molecule has 0 saturated carbocycles. The molecule has 3 rings (SSSR count). The number of nitrogens with zero attached hydrogens (tertiary/aromatic N) is 1. The summed E-state index contributed by atoms with van der Waals surface area (Å²) in [4.78, 5) is 5.90. The standard InChI is InChI=1S/C15H20N2/c1-15(2)9-8-14(17(15)3)12-10-16-13-7-5-4-6-11(12)13/h4-7,10,14,16H,8-9H2,1-3H3/t14-/m0/s1. The fourth-order valence-electron chi connectivity index (χ4n) is 3.02. The molecule has 0 bridgehead atoms. The van der Waals surface area contributed by atoms with Gasteiger partial charge in [0.25, 0.3) is 0 Å². The summed E-state index contributed by atoms with van der Waals surface area (Å²) in [6.45, 7) is 4.67. The summed E-state index contributed by atoms with van der Waals surface area (Å²) in [5, 5.41) is 1.38. The minimum Gasteiger partial charge on any atom is -0.361 e. The summed E-state index contributed by atoms with van der Waals surface area (Å²) in [5.74, 6) is 0. The molecule has 1 atom stereocenters. The van der Waals surface area contributed by atoms with Crippen molar-refractivity contribution in [3.8, 4) is 0 Å². The number of H-pyrrole nitrogens is 1. The molecule has 2 aromatic rings. The van der Waals surface area contributed by atoms with E-state index in [1.807, 2.05) is 0 Å². The average molecular weight is 228 g/mol. The molecular weight excluding hydrogens is 208 g/mol. The minimum atomic E-state index is 0.322. The van der Waals surface area contributed by atoms with Gasteiger partial charge in [-0.3, -0.25) is 4.90 Å². The quantitative estimate of drug-likeness (QED) is 0.788. The van der Waals surface area contributed by atoms with Crippen LogP contribution in [0.4, 0.5) is 0 Å². The van der Waals surface area contributed by atoms with Crippen LogP contribution in [0.2, 0.25) is 0 Å². The molecule has 1 fully saturated rings. The normalized spacial score (nSPS) is 24.5. The van der Waals surface area contributed by atoms with Crippen molar-refractivity contribution in [1.82, 2.24) is 9.88 Å². The summed E-state index contributed by atoms with van der Waals surface area (Å²) in [7, 11) is 2.25. The van der Waals surface area contributed by atoms with Gasteiger partial charge in [0.15, 0.2) is 0 Å². The van der Waals surface area contributed by atoms with E-state index < -0.39 is 0 Å². The van der Waals surface area contributed by atoms with Gasteiger partial charge in [-0.05, 0) is 45.4 Å². The zero-order valence-corrected chi connectivity index (χ0v) is 10.8. The third kappa shape index (κ3) is 1.59. The van der Waals surface area contributed by atoms with Gasteiger partial charge >= 0.3 is 0 Å². The highest BCUT2D eigenvalue weighted by molar-refractivity contribution is 5.83. The lowest BCUT2D eigenvalue weighted by atomic mass is 10.0. The molecule has 0 spiro atoms. The zero-order chi connectivity index (χ0) is 12.0. The largest absolute Gasteiger partial charge is 0.361 e. The van der Waals surface area contributed by atoms with Crippen molar-refractivity contribution in [2.24, 2.45) is 0 Å². The number of aromatic amines is 1. The van der Waals surface area contributed by atoms with Gasteiger partial charge in [-0.25, -0.2) is 0 Å². The summed E-state index contributed by atoms with van der Waals surface area (Å²) in [6.07, 6.45) is 4.71. The van der Waals surface area contributed by atoms with Gasteiger partial charge < -0.3 is 4.98 Å². The Labute approximate surface area is 103 Å². The summed E-state index contributed by atoms with van der Waals surface area (Å²) < 4.78 is 0. The van der Waals surface area contributed by atoms with Gasteiger partial charge in [0.1, 0.15) is 0 Å². The van der Waals surface area contributed by atoms with Crippen LogP contribution in [0.25, 0.3) is 10.9 Å². The molecule has 1 aliphatic rings. The number of aromatic nitrogens is 1. The number of likely N-dealkylation sites (tertiary alicyclic amines) is 1. The Morgan fingerprint density at radius 3 is 2.76 bits per heavy atom. The van der Waals surface area contributed by atoms with Gasteiger partial charge in [0.05, 0.1) is 0 Å². The van der Waals surface area contributed by atoms with Crippen LogP contribution in [0, 0.1) is 0 Å². The number of hydrogen-bond acceptors (Lipinski definition) is 1. The van der Waals surface area contributed by atoms with Crippen molar-refractivity contribution < 1.29 is 0 Å². The molecule has 90 valence electrons. The van der Waals surface area contributed by atoms with E-state index >= 15 is 0 Å². The highest BCUT2D eigenvalue weighted by atomic mass is 15.2. The van der Waals surface area contributed by atoms with Crippen LogP contribution in [-0.2, 0) is 0 Å². The molecule has 0 amide bonds. The van der Waals surface area contributed by atoms with Crippen LogP contribution in [-0.4, -0.2) is 22.5 Å². The van der Waals surface area contributed by atoms with Crippen LogP contribution >= 0.6 is 0 Å². The van der Waals surface area contributed by atoms with Gasteiger partial charge in [-0.1, -0.05) is 18.2 Å². The lowest BCUT2D eigenvalue weighted by Crippen LogP contribution is -2.35. The molecule has 1 aliphatic heterocycles. The first-order valence-electron chi connectivity index (χ1n) is 6.38. The van der Waals surface area contributed by atoms with E-state index in [0.29, 0.717) is 11.6 Å².